The summed E-state index contributed by atoms with van der Waals surface area (Å²) >= 11 is 6.11. The molecule has 29 heavy (non-hydrogen) atoms. The molecule has 2 saturated heterocycles. The Labute approximate surface area is 177 Å². The van der Waals surface area contributed by atoms with Gasteiger partial charge in [-0.15, -0.1) is 0 Å². The van der Waals surface area contributed by atoms with Crippen LogP contribution in [0, 0.1) is 12.8 Å². The minimum atomic E-state index is -3.68. The van der Waals surface area contributed by atoms with E-state index in [2.05, 4.69) is 5.32 Å². The highest BCUT2D eigenvalue weighted by molar-refractivity contribution is 7.89. The van der Waals surface area contributed by atoms with Gasteiger partial charge in [-0.25, -0.2) is 8.42 Å². The number of halogens is 1. The second-order valence-corrected chi connectivity index (χ2v) is 10.2. The maximum absolute atomic E-state index is 13.1. The number of hydrogen-bond donors (Lipinski definition) is 1. The van der Waals surface area contributed by atoms with Crippen molar-refractivity contribution in [3.05, 3.63) is 28.8 Å². The van der Waals surface area contributed by atoms with Crippen molar-refractivity contribution in [3.8, 4) is 0 Å². The Morgan fingerprint density at radius 3 is 2.59 bits per heavy atom. The maximum Gasteiger partial charge on any atom is 0.243 e. The van der Waals surface area contributed by atoms with E-state index in [1.54, 1.807) is 30.0 Å². The number of amides is 2. The van der Waals surface area contributed by atoms with Crippen LogP contribution in [0.2, 0.25) is 5.02 Å². The molecule has 3 rings (SSSR count). The molecular weight excluding hydrogens is 414 g/mol. The van der Waals surface area contributed by atoms with Gasteiger partial charge in [0, 0.05) is 44.2 Å². The van der Waals surface area contributed by atoms with E-state index in [1.165, 1.54) is 11.2 Å². The molecular formula is C20H28ClN3O4S. The number of sulfonamides is 1. The van der Waals surface area contributed by atoms with E-state index < -0.39 is 10.0 Å². The zero-order chi connectivity index (χ0) is 21.2. The molecule has 0 radical (unpaired) electrons. The monoisotopic (exact) mass is 441 g/mol. The smallest absolute Gasteiger partial charge is 0.243 e. The number of carbonyl (C=O) groups is 2. The molecule has 2 amide bonds. The second kappa shape index (κ2) is 9.02. The first-order valence-corrected chi connectivity index (χ1v) is 11.8. The predicted octanol–water partition coefficient (Wildman–Crippen LogP) is 2.18. The van der Waals surface area contributed by atoms with Crippen LogP contribution in [0.4, 0.5) is 0 Å². The lowest BCUT2D eigenvalue weighted by Gasteiger charge is -2.35. The van der Waals surface area contributed by atoms with E-state index in [-0.39, 0.29) is 35.2 Å². The Balaban J connectivity index is 1.67. The van der Waals surface area contributed by atoms with Gasteiger partial charge in [-0.1, -0.05) is 17.7 Å². The van der Waals surface area contributed by atoms with Crippen LogP contribution in [0.3, 0.4) is 0 Å². The number of carbonyl (C=O) groups excluding carboxylic acids is 2. The van der Waals surface area contributed by atoms with E-state index in [4.69, 9.17) is 11.6 Å². The van der Waals surface area contributed by atoms with Crippen LogP contribution in [0.25, 0.3) is 0 Å². The molecule has 0 spiro atoms. The van der Waals surface area contributed by atoms with E-state index >= 15 is 0 Å². The number of nitrogens with zero attached hydrogens (tertiary/aromatic N) is 2. The van der Waals surface area contributed by atoms with Gasteiger partial charge >= 0.3 is 0 Å². The SMILES string of the molecule is CC(=O)N1CCC[C@H](C(=O)NC2CCCN(S(=O)(=O)c3cccc(Cl)c3C)C2)C1. The van der Waals surface area contributed by atoms with Gasteiger partial charge in [0.25, 0.3) is 0 Å². The fraction of sp³-hybridized carbons (Fsp3) is 0.600. The summed E-state index contributed by atoms with van der Waals surface area (Å²) in [6.45, 7) is 4.99. The van der Waals surface area contributed by atoms with Crippen LogP contribution in [0.1, 0.15) is 38.2 Å². The van der Waals surface area contributed by atoms with Crippen molar-refractivity contribution in [2.75, 3.05) is 26.2 Å². The average molecular weight is 442 g/mol. The first-order valence-electron chi connectivity index (χ1n) is 10.0. The highest BCUT2D eigenvalue weighted by Gasteiger charge is 2.34. The Kier molecular flexibility index (Phi) is 6.86. The molecule has 1 unspecified atom stereocenters. The normalized spacial score (nSPS) is 23.6. The molecule has 0 bridgehead atoms. The van der Waals surface area contributed by atoms with Gasteiger partial charge in [0.15, 0.2) is 0 Å². The fourth-order valence-corrected chi connectivity index (χ4v) is 6.08. The van der Waals surface area contributed by atoms with Crippen LogP contribution in [0.15, 0.2) is 23.1 Å². The summed E-state index contributed by atoms with van der Waals surface area (Å²) in [7, 11) is -3.68. The first-order chi connectivity index (χ1) is 13.7. The van der Waals surface area contributed by atoms with Gasteiger partial charge in [-0.05, 0) is 50.3 Å². The van der Waals surface area contributed by atoms with E-state index in [9.17, 15) is 18.0 Å². The fourth-order valence-electron chi connectivity index (χ4n) is 4.08. The Morgan fingerprint density at radius 2 is 1.86 bits per heavy atom. The minimum Gasteiger partial charge on any atom is -0.352 e. The summed E-state index contributed by atoms with van der Waals surface area (Å²) < 4.78 is 27.7. The Hall–Kier alpha value is -1.64. The van der Waals surface area contributed by atoms with E-state index in [0.717, 1.165) is 19.3 Å². The number of piperidine rings is 2. The standard InChI is InChI=1S/C20H28ClN3O4S/c1-14-18(21)8-3-9-19(14)29(27,28)24-11-5-7-17(13-24)22-20(26)16-6-4-10-23(12-16)15(2)25/h3,8-9,16-17H,4-7,10-13H2,1-2H3,(H,22,26)/t16-,17?/m0/s1. The Bertz CT molecular complexity index is 890. The molecule has 2 aliphatic rings. The summed E-state index contributed by atoms with van der Waals surface area (Å²) in [5.41, 5.74) is 0.534. The molecule has 0 aromatic heterocycles. The summed E-state index contributed by atoms with van der Waals surface area (Å²) in [5.74, 6) is -0.358. The molecule has 2 aliphatic heterocycles. The zero-order valence-corrected chi connectivity index (χ0v) is 18.4. The van der Waals surface area contributed by atoms with Crippen LogP contribution in [-0.4, -0.2) is 61.7 Å². The van der Waals surface area contributed by atoms with Crippen molar-refractivity contribution in [2.45, 2.75) is 50.5 Å². The quantitative estimate of drug-likeness (QED) is 0.775. The van der Waals surface area contributed by atoms with Crippen molar-refractivity contribution < 1.29 is 18.0 Å². The van der Waals surface area contributed by atoms with Gasteiger partial charge in [0.05, 0.1) is 10.8 Å². The van der Waals surface area contributed by atoms with Crippen LogP contribution >= 0.6 is 11.6 Å². The summed E-state index contributed by atoms with van der Waals surface area (Å²) in [5, 5.41) is 3.44. The molecule has 0 saturated carbocycles. The third-order valence-corrected chi connectivity index (χ3v) is 8.22. The van der Waals surface area contributed by atoms with Crippen molar-refractivity contribution >= 4 is 33.4 Å². The molecule has 2 heterocycles. The van der Waals surface area contributed by atoms with Gasteiger partial charge < -0.3 is 10.2 Å². The number of benzene rings is 1. The molecule has 1 aromatic carbocycles. The molecule has 1 N–H and O–H groups in total. The maximum atomic E-state index is 13.1. The lowest BCUT2D eigenvalue weighted by atomic mass is 9.96. The molecule has 9 heteroatoms. The minimum absolute atomic E-state index is 0.0191. The number of hydrogen-bond acceptors (Lipinski definition) is 4. The molecule has 2 fully saturated rings. The number of nitrogens with one attached hydrogen (secondary N) is 1. The molecule has 2 atom stereocenters. The van der Waals surface area contributed by atoms with Crippen molar-refractivity contribution in [1.29, 1.82) is 0 Å². The van der Waals surface area contributed by atoms with Crippen molar-refractivity contribution in [3.63, 3.8) is 0 Å². The van der Waals surface area contributed by atoms with E-state index in [0.29, 0.717) is 36.6 Å². The van der Waals surface area contributed by atoms with Crippen molar-refractivity contribution in [2.24, 2.45) is 5.92 Å². The average Bonchev–Trinajstić information content (AvgIpc) is 2.70. The first kappa shape index (κ1) is 22.1. The summed E-state index contributed by atoms with van der Waals surface area (Å²) in [4.78, 5) is 26.2. The van der Waals surface area contributed by atoms with E-state index in [1.807, 2.05) is 0 Å². The van der Waals surface area contributed by atoms with Crippen LogP contribution < -0.4 is 5.32 Å². The van der Waals surface area contributed by atoms with Crippen LogP contribution in [-0.2, 0) is 19.6 Å². The topological polar surface area (TPSA) is 86.8 Å². The zero-order valence-electron chi connectivity index (χ0n) is 16.9. The molecule has 160 valence electrons. The largest absolute Gasteiger partial charge is 0.352 e. The van der Waals surface area contributed by atoms with Crippen LogP contribution in [0.5, 0.6) is 0 Å². The third-order valence-electron chi connectivity index (χ3n) is 5.80. The second-order valence-electron chi connectivity index (χ2n) is 7.88. The predicted molar refractivity (Wildman–Crippen MR) is 111 cm³/mol. The molecule has 7 nitrogen and oxygen atoms in total. The van der Waals surface area contributed by atoms with Gasteiger partial charge in [0.2, 0.25) is 21.8 Å². The van der Waals surface area contributed by atoms with Gasteiger partial charge in [-0.3, -0.25) is 9.59 Å². The molecule has 0 aliphatic carbocycles. The van der Waals surface area contributed by atoms with Gasteiger partial charge in [0.1, 0.15) is 0 Å². The number of rotatable bonds is 4. The highest BCUT2D eigenvalue weighted by Crippen LogP contribution is 2.27. The summed E-state index contributed by atoms with van der Waals surface area (Å²) in [6, 6.07) is 4.63. The third kappa shape index (κ3) is 4.92. The number of likely N-dealkylation sites (tertiary alicyclic amines) is 1. The van der Waals surface area contributed by atoms with Crippen molar-refractivity contribution in [1.82, 2.24) is 14.5 Å². The molecule has 1 aromatic rings. The lowest BCUT2D eigenvalue weighted by molar-refractivity contribution is -0.134. The lowest BCUT2D eigenvalue weighted by Crippen LogP contribution is -2.52. The summed E-state index contributed by atoms with van der Waals surface area (Å²) in [6.07, 6.45) is 2.95. The van der Waals surface area contributed by atoms with Gasteiger partial charge in [-0.2, -0.15) is 4.31 Å². The highest BCUT2D eigenvalue weighted by atomic mass is 35.5. The Morgan fingerprint density at radius 1 is 1.14 bits per heavy atom.